The van der Waals surface area contributed by atoms with Gasteiger partial charge in [0.05, 0.1) is 19.5 Å². The molecule has 1 heterocycles. The Labute approximate surface area is 110 Å². The highest BCUT2D eigenvalue weighted by Gasteiger charge is 2.09. The fourth-order valence-corrected chi connectivity index (χ4v) is 1.49. The largest absolute Gasteiger partial charge is 0.497 e. The molecule has 1 aromatic heterocycles. The van der Waals surface area contributed by atoms with E-state index in [2.05, 4.69) is 20.6 Å². The average Bonchev–Trinajstić information content (AvgIpc) is 2.47. The zero-order valence-electron chi connectivity index (χ0n) is 10.7. The summed E-state index contributed by atoms with van der Waals surface area (Å²) in [4.78, 5) is 20.1. The number of carbonyl (C=O) groups excluding carboxylic acids is 1. The van der Waals surface area contributed by atoms with E-state index in [-0.39, 0.29) is 11.6 Å². The molecule has 0 spiro atoms. The maximum Gasteiger partial charge on any atom is 0.275 e. The molecule has 98 valence electrons. The number of hydrogen-bond acceptors (Lipinski definition) is 5. The number of carbonyl (C=O) groups is 1. The molecular weight excluding hydrogens is 244 g/mol. The molecule has 0 aliphatic carbocycles. The summed E-state index contributed by atoms with van der Waals surface area (Å²) in [7, 11) is 3.29. The van der Waals surface area contributed by atoms with Crippen molar-refractivity contribution < 1.29 is 9.53 Å². The van der Waals surface area contributed by atoms with Gasteiger partial charge in [-0.2, -0.15) is 0 Å². The van der Waals surface area contributed by atoms with Crippen LogP contribution in [0.5, 0.6) is 5.75 Å². The highest BCUT2D eigenvalue weighted by molar-refractivity contribution is 6.02. The Balaban J connectivity index is 2.15. The van der Waals surface area contributed by atoms with Crippen molar-refractivity contribution >= 4 is 17.4 Å². The molecule has 0 unspecified atom stereocenters. The van der Waals surface area contributed by atoms with E-state index in [4.69, 9.17) is 4.74 Å². The van der Waals surface area contributed by atoms with Crippen LogP contribution in [0.25, 0.3) is 0 Å². The lowest BCUT2D eigenvalue weighted by molar-refractivity contribution is 0.102. The number of methoxy groups -OCH3 is 1. The van der Waals surface area contributed by atoms with E-state index in [1.165, 1.54) is 6.20 Å². The van der Waals surface area contributed by atoms with Crippen LogP contribution < -0.4 is 15.4 Å². The molecule has 0 fully saturated rings. The molecule has 1 amide bonds. The molecule has 0 atom stereocenters. The summed E-state index contributed by atoms with van der Waals surface area (Å²) in [6.07, 6.45) is 2.96. The van der Waals surface area contributed by atoms with Crippen molar-refractivity contribution in [2.24, 2.45) is 0 Å². The molecule has 0 aliphatic heterocycles. The lowest BCUT2D eigenvalue weighted by Crippen LogP contribution is -2.14. The van der Waals surface area contributed by atoms with Gasteiger partial charge in [-0.05, 0) is 12.1 Å². The number of aromatic nitrogens is 2. The van der Waals surface area contributed by atoms with Crippen molar-refractivity contribution in [2.75, 3.05) is 24.8 Å². The van der Waals surface area contributed by atoms with Gasteiger partial charge in [0, 0.05) is 18.8 Å². The SMILES string of the molecule is CNc1cncc(C(=O)Nc2cccc(OC)c2)n1. The fourth-order valence-electron chi connectivity index (χ4n) is 1.49. The van der Waals surface area contributed by atoms with E-state index in [1.807, 2.05) is 0 Å². The van der Waals surface area contributed by atoms with Gasteiger partial charge in [0.15, 0.2) is 0 Å². The van der Waals surface area contributed by atoms with E-state index < -0.39 is 0 Å². The molecular formula is C13H14N4O2. The first-order valence-electron chi connectivity index (χ1n) is 5.68. The first-order valence-corrected chi connectivity index (χ1v) is 5.68. The zero-order chi connectivity index (χ0) is 13.7. The third-order valence-electron chi connectivity index (χ3n) is 2.45. The minimum Gasteiger partial charge on any atom is -0.497 e. The molecule has 6 nitrogen and oxygen atoms in total. The summed E-state index contributed by atoms with van der Waals surface area (Å²) in [6, 6.07) is 7.10. The lowest BCUT2D eigenvalue weighted by atomic mass is 10.3. The fraction of sp³-hybridized carbons (Fsp3) is 0.154. The van der Waals surface area contributed by atoms with Gasteiger partial charge < -0.3 is 15.4 Å². The number of hydrogen-bond donors (Lipinski definition) is 2. The Kier molecular flexibility index (Phi) is 3.92. The van der Waals surface area contributed by atoms with Crippen molar-refractivity contribution in [2.45, 2.75) is 0 Å². The van der Waals surface area contributed by atoms with Crippen molar-refractivity contribution in [3.8, 4) is 5.75 Å². The van der Waals surface area contributed by atoms with E-state index in [1.54, 1.807) is 44.6 Å². The summed E-state index contributed by atoms with van der Waals surface area (Å²) in [5, 5.41) is 5.57. The second-order valence-electron chi connectivity index (χ2n) is 3.73. The van der Waals surface area contributed by atoms with E-state index >= 15 is 0 Å². The topological polar surface area (TPSA) is 76.1 Å². The highest BCUT2D eigenvalue weighted by atomic mass is 16.5. The van der Waals surface area contributed by atoms with E-state index in [9.17, 15) is 4.79 Å². The molecule has 0 saturated carbocycles. The zero-order valence-corrected chi connectivity index (χ0v) is 10.7. The predicted octanol–water partition coefficient (Wildman–Crippen LogP) is 1.78. The molecule has 6 heteroatoms. The maximum absolute atomic E-state index is 12.0. The predicted molar refractivity (Wildman–Crippen MR) is 72.5 cm³/mol. The molecule has 1 aromatic carbocycles. The Bertz CT molecular complexity index is 586. The van der Waals surface area contributed by atoms with Crippen LogP contribution in [-0.4, -0.2) is 30.0 Å². The summed E-state index contributed by atoms with van der Waals surface area (Å²) in [5.41, 5.74) is 0.885. The quantitative estimate of drug-likeness (QED) is 0.874. The number of nitrogens with one attached hydrogen (secondary N) is 2. The second kappa shape index (κ2) is 5.81. The van der Waals surface area contributed by atoms with Crippen LogP contribution in [-0.2, 0) is 0 Å². The molecule has 0 aliphatic rings. The van der Waals surface area contributed by atoms with Crippen LogP contribution >= 0.6 is 0 Å². The van der Waals surface area contributed by atoms with E-state index in [0.717, 1.165) is 0 Å². The Morgan fingerprint density at radius 3 is 2.89 bits per heavy atom. The number of benzene rings is 1. The molecule has 0 saturated heterocycles. The van der Waals surface area contributed by atoms with Gasteiger partial charge in [0.2, 0.25) is 0 Å². The summed E-state index contributed by atoms with van der Waals surface area (Å²) >= 11 is 0. The minimum atomic E-state index is -0.321. The van der Waals surface area contributed by atoms with E-state index in [0.29, 0.717) is 17.3 Å². The molecule has 2 rings (SSSR count). The lowest BCUT2D eigenvalue weighted by Gasteiger charge is -2.07. The minimum absolute atomic E-state index is 0.245. The van der Waals surface area contributed by atoms with Crippen molar-refractivity contribution in [3.63, 3.8) is 0 Å². The van der Waals surface area contributed by atoms with Crippen LogP contribution in [0.3, 0.4) is 0 Å². The number of amides is 1. The molecule has 2 aromatic rings. The third kappa shape index (κ3) is 3.19. The van der Waals surface area contributed by atoms with Gasteiger partial charge in [-0.3, -0.25) is 9.78 Å². The Hall–Kier alpha value is -2.63. The second-order valence-corrected chi connectivity index (χ2v) is 3.73. The number of nitrogens with zero attached hydrogens (tertiary/aromatic N) is 2. The van der Waals surface area contributed by atoms with Crippen molar-refractivity contribution in [1.29, 1.82) is 0 Å². The van der Waals surface area contributed by atoms with Gasteiger partial charge in [-0.15, -0.1) is 0 Å². The van der Waals surface area contributed by atoms with Crippen molar-refractivity contribution in [3.05, 3.63) is 42.4 Å². The molecule has 0 bridgehead atoms. The third-order valence-corrected chi connectivity index (χ3v) is 2.45. The van der Waals surface area contributed by atoms with Crippen molar-refractivity contribution in [1.82, 2.24) is 9.97 Å². The van der Waals surface area contributed by atoms with Crippen LogP contribution in [0.2, 0.25) is 0 Å². The number of ether oxygens (including phenoxy) is 1. The monoisotopic (exact) mass is 258 g/mol. The van der Waals surface area contributed by atoms with Crippen LogP contribution in [0.15, 0.2) is 36.7 Å². The first-order chi connectivity index (χ1) is 9.22. The maximum atomic E-state index is 12.0. The van der Waals surface area contributed by atoms with Crippen LogP contribution in [0.4, 0.5) is 11.5 Å². The van der Waals surface area contributed by atoms with Crippen LogP contribution in [0, 0.1) is 0 Å². The van der Waals surface area contributed by atoms with Gasteiger partial charge >= 0.3 is 0 Å². The smallest absolute Gasteiger partial charge is 0.275 e. The van der Waals surface area contributed by atoms with Gasteiger partial charge in [-0.1, -0.05) is 6.07 Å². The molecule has 2 N–H and O–H groups in total. The molecule has 0 radical (unpaired) electrons. The first kappa shape index (κ1) is 12.8. The number of rotatable bonds is 4. The van der Waals surface area contributed by atoms with Gasteiger partial charge in [0.25, 0.3) is 5.91 Å². The summed E-state index contributed by atoms with van der Waals surface area (Å²) in [5.74, 6) is 0.893. The summed E-state index contributed by atoms with van der Waals surface area (Å²) in [6.45, 7) is 0. The van der Waals surface area contributed by atoms with Gasteiger partial charge in [-0.25, -0.2) is 4.98 Å². The standard InChI is InChI=1S/C13H14N4O2/c1-14-12-8-15-7-11(17-12)13(18)16-9-4-3-5-10(6-9)19-2/h3-8H,1-2H3,(H,14,17)(H,16,18). The van der Waals surface area contributed by atoms with Crippen LogP contribution in [0.1, 0.15) is 10.5 Å². The Morgan fingerprint density at radius 2 is 2.16 bits per heavy atom. The highest BCUT2D eigenvalue weighted by Crippen LogP contribution is 2.17. The van der Waals surface area contributed by atoms with Gasteiger partial charge in [0.1, 0.15) is 17.3 Å². The molecule has 19 heavy (non-hydrogen) atoms. The Morgan fingerprint density at radius 1 is 1.32 bits per heavy atom. The average molecular weight is 258 g/mol. The number of anilines is 2. The normalized spacial score (nSPS) is 9.79. The summed E-state index contributed by atoms with van der Waals surface area (Å²) < 4.78 is 5.09.